The lowest BCUT2D eigenvalue weighted by Crippen LogP contribution is -2.18. The highest BCUT2D eigenvalue weighted by Crippen LogP contribution is 2.57. The predicted octanol–water partition coefficient (Wildman–Crippen LogP) is 18.3. The summed E-state index contributed by atoms with van der Waals surface area (Å²) < 4.78 is 6.78. The molecule has 0 saturated carbocycles. The normalized spacial score (nSPS) is 13.8. The van der Waals surface area contributed by atoms with Gasteiger partial charge in [-0.05, 0) is 156 Å². The van der Waals surface area contributed by atoms with Crippen LogP contribution in [0.5, 0.6) is 0 Å². The second kappa shape index (κ2) is 15.2. The van der Waals surface area contributed by atoms with Crippen LogP contribution in [0.1, 0.15) is 49.9 Å². The molecule has 2 aliphatic rings. The van der Waals surface area contributed by atoms with Crippen molar-refractivity contribution in [2.75, 3.05) is 4.90 Å². The number of benzene rings is 10. The number of hydrogen-bond donors (Lipinski definition) is 0. The van der Waals surface area contributed by atoms with Gasteiger partial charge < -0.3 is 9.32 Å². The lowest BCUT2D eigenvalue weighted by Gasteiger charge is -2.31. The SMILES string of the molecule is CC1(C)c2ccccc2-c2ccc(N(c3cc(-c4cc(-c5ccccc5)cc(-c5ccccc5)c4)c4c(c3)C(C)(C)c3ccccc3-4)c3cccc4oc5ccc(-c6ccccc6)cc5c34)cc21. The third-order valence-electron chi connectivity index (χ3n) is 15.0. The Balaban J connectivity index is 1.12. The maximum atomic E-state index is 6.78. The Morgan fingerprint density at radius 1 is 0.324 bits per heavy atom. The summed E-state index contributed by atoms with van der Waals surface area (Å²) in [4.78, 5) is 2.52. The molecule has 0 spiro atoms. The fourth-order valence-electron chi connectivity index (χ4n) is 11.6. The Morgan fingerprint density at radius 3 is 1.54 bits per heavy atom. The zero-order chi connectivity index (χ0) is 45.7. The second-order valence-electron chi connectivity index (χ2n) is 19.7. The average Bonchev–Trinajstić information content (AvgIpc) is 3.96. The summed E-state index contributed by atoms with van der Waals surface area (Å²) >= 11 is 0. The highest BCUT2D eigenvalue weighted by molar-refractivity contribution is 6.14. The van der Waals surface area contributed by atoms with Crippen molar-refractivity contribution in [3.8, 4) is 66.8 Å². The third kappa shape index (κ3) is 6.17. The molecule has 1 heterocycles. The van der Waals surface area contributed by atoms with E-state index in [0.717, 1.165) is 44.6 Å². The van der Waals surface area contributed by atoms with Crippen molar-refractivity contribution in [3.63, 3.8) is 0 Å². The van der Waals surface area contributed by atoms with Crippen molar-refractivity contribution in [1.82, 2.24) is 0 Å². The van der Waals surface area contributed by atoms with Gasteiger partial charge in [0, 0.05) is 27.6 Å². The van der Waals surface area contributed by atoms with Crippen LogP contribution in [-0.2, 0) is 10.8 Å². The first-order valence-corrected chi connectivity index (χ1v) is 23.8. The molecular weight excluding hydrogens is 823 g/mol. The Bertz CT molecular complexity index is 3720. The van der Waals surface area contributed by atoms with E-state index in [-0.39, 0.29) is 10.8 Å². The van der Waals surface area contributed by atoms with E-state index < -0.39 is 0 Å². The molecule has 68 heavy (non-hydrogen) atoms. The molecule has 0 amide bonds. The zero-order valence-corrected chi connectivity index (χ0v) is 38.7. The summed E-state index contributed by atoms with van der Waals surface area (Å²) in [5.41, 5.74) is 24.6. The van der Waals surface area contributed by atoms with Crippen LogP contribution in [0.2, 0.25) is 0 Å². The van der Waals surface area contributed by atoms with Gasteiger partial charge in [0.2, 0.25) is 0 Å². The summed E-state index contributed by atoms with van der Waals surface area (Å²) in [6.45, 7) is 9.54. The lowest BCUT2D eigenvalue weighted by atomic mass is 9.81. The molecule has 13 rings (SSSR count). The van der Waals surface area contributed by atoms with Crippen LogP contribution in [0.3, 0.4) is 0 Å². The monoisotopic (exact) mass is 871 g/mol. The van der Waals surface area contributed by atoms with Crippen LogP contribution in [0.25, 0.3) is 88.7 Å². The minimum Gasteiger partial charge on any atom is -0.456 e. The van der Waals surface area contributed by atoms with E-state index in [4.69, 9.17) is 4.42 Å². The molecule has 0 atom stereocenters. The van der Waals surface area contributed by atoms with Gasteiger partial charge in [-0.15, -0.1) is 0 Å². The van der Waals surface area contributed by atoms with Gasteiger partial charge in [-0.25, -0.2) is 0 Å². The van der Waals surface area contributed by atoms with Crippen LogP contribution in [-0.4, -0.2) is 0 Å². The van der Waals surface area contributed by atoms with Crippen molar-refractivity contribution in [2.45, 2.75) is 38.5 Å². The first-order chi connectivity index (χ1) is 33.2. The first-order valence-electron chi connectivity index (χ1n) is 23.8. The zero-order valence-electron chi connectivity index (χ0n) is 38.7. The molecule has 0 radical (unpaired) electrons. The fourth-order valence-corrected chi connectivity index (χ4v) is 11.6. The Morgan fingerprint density at radius 2 is 0.868 bits per heavy atom. The van der Waals surface area contributed by atoms with Gasteiger partial charge in [-0.2, -0.15) is 0 Å². The van der Waals surface area contributed by atoms with Crippen molar-refractivity contribution in [2.24, 2.45) is 0 Å². The van der Waals surface area contributed by atoms with Crippen LogP contribution in [0.4, 0.5) is 17.1 Å². The molecule has 10 aromatic carbocycles. The standard InChI is InChI=1S/C66H49NO/c1-65(2)56-27-16-14-25-51(56)52-33-32-49(40-58(52)65)67(60-29-18-30-62-64(60)55-38-45(31-34-61(55)68-62)42-19-8-5-9-20-42)50-39-54(63-53-26-15-17-28-57(53)66(3,4)59(63)41-50)48-36-46(43-21-10-6-11-22-43)35-47(37-48)44-23-12-7-13-24-44/h5-41H,1-4H3. The smallest absolute Gasteiger partial charge is 0.137 e. The molecule has 0 unspecified atom stereocenters. The maximum absolute atomic E-state index is 6.78. The average molecular weight is 872 g/mol. The summed E-state index contributed by atoms with van der Waals surface area (Å²) in [7, 11) is 0. The third-order valence-corrected chi connectivity index (χ3v) is 15.0. The minimum atomic E-state index is -0.276. The molecule has 0 N–H and O–H groups in total. The largest absolute Gasteiger partial charge is 0.456 e. The highest BCUT2D eigenvalue weighted by atomic mass is 16.3. The fraction of sp³-hybridized carbons (Fsp3) is 0.0909. The van der Waals surface area contributed by atoms with Gasteiger partial charge >= 0.3 is 0 Å². The van der Waals surface area contributed by atoms with Gasteiger partial charge in [-0.3, -0.25) is 0 Å². The predicted molar refractivity (Wildman–Crippen MR) is 285 cm³/mol. The van der Waals surface area contributed by atoms with Crippen LogP contribution < -0.4 is 4.90 Å². The van der Waals surface area contributed by atoms with Crippen LogP contribution in [0, 0.1) is 0 Å². The number of hydrogen-bond acceptors (Lipinski definition) is 2. The number of fused-ring (bicyclic) bond motifs is 9. The molecule has 11 aromatic rings. The van der Waals surface area contributed by atoms with Crippen LogP contribution in [0.15, 0.2) is 229 Å². The molecular formula is C66H49NO. The Labute approximate surface area is 398 Å². The van der Waals surface area contributed by atoms with E-state index in [1.807, 2.05) is 0 Å². The van der Waals surface area contributed by atoms with E-state index in [0.29, 0.717) is 0 Å². The number of anilines is 3. The lowest BCUT2D eigenvalue weighted by molar-refractivity contribution is 0.660. The van der Waals surface area contributed by atoms with Crippen molar-refractivity contribution in [3.05, 3.63) is 247 Å². The maximum Gasteiger partial charge on any atom is 0.137 e. The van der Waals surface area contributed by atoms with Crippen LogP contribution >= 0.6 is 0 Å². The molecule has 2 heteroatoms. The topological polar surface area (TPSA) is 16.4 Å². The number of furan rings is 1. The van der Waals surface area contributed by atoms with E-state index in [1.165, 1.54) is 83.5 Å². The molecule has 2 nitrogen and oxygen atoms in total. The summed E-state index contributed by atoms with van der Waals surface area (Å²) in [6, 6.07) is 82.7. The molecule has 2 aliphatic carbocycles. The van der Waals surface area contributed by atoms with Crippen molar-refractivity contribution >= 4 is 39.0 Å². The summed E-state index contributed by atoms with van der Waals surface area (Å²) in [5.74, 6) is 0. The van der Waals surface area contributed by atoms with Gasteiger partial charge in [0.15, 0.2) is 0 Å². The summed E-state index contributed by atoms with van der Waals surface area (Å²) in [6.07, 6.45) is 0. The number of rotatable bonds is 7. The van der Waals surface area contributed by atoms with Gasteiger partial charge in [0.1, 0.15) is 11.2 Å². The van der Waals surface area contributed by atoms with E-state index in [9.17, 15) is 0 Å². The van der Waals surface area contributed by atoms with Crippen molar-refractivity contribution in [1.29, 1.82) is 0 Å². The second-order valence-corrected chi connectivity index (χ2v) is 19.7. The number of nitrogens with zero attached hydrogens (tertiary/aromatic N) is 1. The highest BCUT2D eigenvalue weighted by Gasteiger charge is 2.39. The molecule has 0 fully saturated rings. The van der Waals surface area contributed by atoms with Gasteiger partial charge in [-0.1, -0.05) is 185 Å². The van der Waals surface area contributed by atoms with Crippen molar-refractivity contribution < 1.29 is 4.42 Å². The quantitative estimate of drug-likeness (QED) is 0.159. The Hall–Kier alpha value is -8.20. The van der Waals surface area contributed by atoms with E-state index in [1.54, 1.807) is 0 Å². The first kappa shape index (κ1) is 40.1. The minimum absolute atomic E-state index is 0.189. The van der Waals surface area contributed by atoms with E-state index in [2.05, 4.69) is 257 Å². The van der Waals surface area contributed by atoms with Gasteiger partial charge in [0.05, 0.1) is 11.1 Å². The Kier molecular flexibility index (Phi) is 8.95. The molecule has 0 aliphatic heterocycles. The summed E-state index contributed by atoms with van der Waals surface area (Å²) in [5, 5.41) is 2.18. The van der Waals surface area contributed by atoms with Gasteiger partial charge in [0.25, 0.3) is 0 Å². The van der Waals surface area contributed by atoms with E-state index >= 15 is 0 Å². The molecule has 0 bridgehead atoms. The molecule has 0 saturated heterocycles. The molecule has 324 valence electrons. The molecule has 1 aromatic heterocycles.